The smallest absolute Gasteiger partial charge is 0.155 e. The highest BCUT2D eigenvalue weighted by Crippen LogP contribution is 2.14. The van der Waals surface area contributed by atoms with Gasteiger partial charge in [-0.25, -0.2) is 4.21 Å². The molecule has 1 unspecified atom stereocenters. The normalized spacial score (nSPS) is 10.6. The zero-order valence-corrected chi connectivity index (χ0v) is 13.1. The molecular formula is C13H28O4S. The molecule has 0 saturated heterocycles. The topological polar surface area (TPSA) is 60.4 Å². The molecule has 0 heterocycles. The van der Waals surface area contributed by atoms with Gasteiger partial charge in [-0.3, -0.25) is 4.18 Å². The first-order valence-electron chi connectivity index (χ1n) is 6.30. The summed E-state index contributed by atoms with van der Waals surface area (Å²) in [6.07, 6.45) is 6.18. The van der Waals surface area contributed by atoms with E-state index in [-0.39, 0.29) is 0 Å². The molecule has 0 aromatic heterocycles. The van der Waals surface area contributed by atoms with Crippen molar-refractivity contribution in [3.8, 4) is 0 Å². The van der Waals surface area contributed by atoms with Gasteiger partial charge < -0.3 is 9.59 Å². The van der Waals surface area contributed by atoms with E-state index in [1.165, 1.54) is 46.6 Å². The molecule has 0 saturated carbocycles. The number of carbonyl (C=O) groups is 2. The van der Waals surface area contributed by atoms with Crippen molar-refractivity contribution in [2.75, 3.05) is 12.9 Å². The molecule has 0 bridgehead atoms. The molecule has 18 heavy (non-hydrogen) atoms. The maximum absolute atomic E-state index is 11.1. The summed E-state index contributed by atoms with van der Waals surface area (Å²) in [6, 6.07) is 0. The van der Waals surface area contributed by atoms with Crippen molar-refractivity contribution in [1.29, 1.82) is 0 Å². The molecule has 0 aliphatic heterocycles. The van der Waals surface area contributed by atoms with E-state index in [0.29, 0.717) is 11.7 Å². The van der Waals surface area contributed by atoms with Crippen LogP contribution in [0.15, 0.2) is 0 Å². The zero-order chi connectivity index (χ0) is 14.8. The minimum absolute atomic E-state index is 0.584. The van der Waals surface area contributed by atoms with Crippen LogP contribution in [0.3, 0.4) is 0 Å². The number of hydrogen-bond acceptors (Lipinski definition) is 4. The third-order valence-electron chi connectivity index (χ3n) is 1.95. The summed E-state index contributed by atoms with van der Waals surface area (Å²) in [4.78, 5) is 17.6. The Labute approximate surface area is 114 Å². The maximum Gasteiger partial charge on any atom is 0.155 e. The predicted octanol–water partition coefficient (Wildman–Crippen LogP) is 2.92. The van der Waals surface area contributed by atoms with Gasteiger partial charge in [-0.1, -0.05) is 26.7 Å². The second-order valence-corrected chi connectivity index (χ2v) is 4.83. The van der Waals surface area contributed by atoms with E-state index in [4.69, 9.17) is 13.8 Å². The fraction of sp³-hybridized carbons (Fsp3) is 0.846. The lowest BCUT2D eigenvalue weighted by atomic mass is 10.0. The molecule has 4 nitrogen and oxygen atoms in total. The van der Waals surface area contributed by atoms with E-state index >= 15 is 0 Å². The van der Waals surface area contributed by atoms with Gasteiger partial charge in [0.05, 0.1) is 12.9 Å². The first-order valence-corrected chi connectivity index (χ1v) is 7.54. The summed E-state index contributed by atoms with van der Waals surface area (Å²) < 4.78 is 15.8. The Morgan fingerprint density at radius 1 is 1.06 bits per heavy atom. The Morgan fingerprint density at radius 3 is 1.61 bits per heavy atom. The summed E-state index contributed by atoms with van der Waals surface area (Å²) in [7, 11) is 1.51. The molecule has 0 rings (SSSR count). The highest BCUT2D eigenvalue weighted by atomic mass is 32.2. The first-order chi connectivity index (χ1) is 8.57. The second-order valence-electron chi connectivity index (χ2n) is 3.55. The summed E-state index contributed by atoms with van der Waals surface area (Å²) in [6.45, 7) is 7.22. The lowest BCUT2D eigenvalue weighted by Gasteiger charge is -2.12. The van der Waals surface area contributed by atoms with Gasteiger partial charge in [0.2, 0.25) is 0 Å². The maximum atomic E-state index is 11.1. The Hall–Kier alpha value is -0.550. The quantitative estimate of drug-likeness (QED) is 0.673. The molecule has 0 spiro atoms. The van der Waals surface area contributed by atoms with E-state index in [1.54, 1.807) is 0 Å². The molecule has 0 amide bonds. The van der Waals surface area contributed by atoms with Crippen molar-refractivity contribution >= 4 is 23.7 Å². The van der Waals surface area contributed by atoms with Crippen molar-refractivity contribution in [2.45, 2.75) is 53.4 Å². The molecule has 110 valence electrons. The van der Waals surface area contributed by atoms with Gasteiger partial charge in [-0.15, -0.1) is 0 Å². The van der Waals surface area contributed by atoms with Gasteiger partial charge in [-0.2, -0.15) is 0 Å². The molecule has 0 aliphatic carbocycles. The predicted molar refractivity (Wildman–Crippen MR) is 76.8 cm³/mol. The molecule has 0 fully saturated rings. The van der Waals surface area contributed by atoms with Gasteiger partial charge >= 0.3 is 0 Å². The lowest BCUT2D eigenvalue weighted by molar-refractivity contribution is -0.106. The molecule has 0 N–H and O–H groups in total. The fourth-order valence-corrected chi connectivity index (χ4v) is 2.24. The van der Waals surface area contributed by atoms with Crippen molar-refractivity contribution < 1.29 is 18.0 Å². The molecule has 0 radical (unpaired) electrons. The van der Waals surface area contributed by atoms with Crippen LogP contribution in [0.5, 0.6) is 0 Å². The van der Waals surface area contributed by atoms with E-state index in [1.807, 2.05) is 0 Å². The van der Waals surface area contributed by atoms with Crippen LogP contribution in [0.4, 0.5) is 0 Å². The van der Waals surface area contributed by atoms with Crippen LogP contribution in [0, 0.1) is 5.92 Å². The minimum Gasteiger partial charge on any atom is -0.304 e. The van der Waals surface area contributed by atoms with Crippen molar-refractivity contribution in [3.63, 3.8) is 0 Å². The second kappa shape index (κ2) is 21.7. The Balaban J connectivity index is -0.000000315. The number of rotatable bonds is 7. The lowest BCUT2D eigenvalue weighted by Crippen LogP contribution is -2.11. The third kappa shape index (κ3) is 24.6. The largest absolute Gasteiger partial charge is 0.304 e. The standard InChI is InChI=1S/C9H20O2S.2C2H4O/c1-4-6-9(7-5-2)8-12(10)11-3;2*1-2-3/h9H,4-8H2,1-3H3;2*2H,1H3. The van der Waals surface area contributed by atoms with E-state index in [2.05, 4.69) is 13.8 Å². The monoisotopic (exact) mass is 280 g/mol. The van der Waals surface area contributed by atoms with Gasteiger partial charge in [-0.05, 0) is 32.6 Å². The Kier molecular flexibility index (Phi) is 27.3. The molecule has 5 heteroatoms. The van der Waals surface area contributed by atoms with Crippen LogP contribution >= 0.6 is 0 Å². The van der Waals surface area contributed by atoms with Crippen LogP contribution in [-0.4, -0.2) is 29.6 Å². The van der Waals surface area contributed by atoms with Gasteiger partial charge in [0.25, 0.3) is 0 Å². The summed E-state index contributed by atoms with van der Waals surface area (Å²) in [5, 5.41) is 0. The highest BCUT2D eigenvalue weighted by Gasteiger charge is 2.10. The van der Waals surface area contributed by atoms with Crippen molar-refractivity contribution in [3.05, 3.63) is 0 Å². The molecule has 0 aliphatic rings. The van der Waals surface area contributed by atoms with Crippen LogP contribution in [-0.2, 0) is 24.9 Å². The third-order valence-corrected chi connectivity index (χ3v) is 3.07. The van der Waals surface area contributed by atoms with Crippen molar-refractivity contribution in [1.82, 2.24) is 0 Å². The average Bonchev–Trinajstić information content (AvgIpc) is 2.31. The molecule has 0 aromatic carbocycles. The zero-order valence-electron chi connectivity index (χ0n) is 12.3. The Bertz CT molecular complexity index is 183. The van der Waals surface area contributed by atoms with Crippen LogP contribution in [0.2, 0.25) is 0 Å². The van der Waals surface area contributed by atoms with Gasteiger partial charge in [0.15, 0.2) is 11.1 Å². The van der Waals surface area contributed by atoms with E-state index < -0.39 is 11.1 Å². The molecule has 1 atom stereocenters. The van der Waals surface area contributed by atoms with Crippen LogP contribution < -0.4 is 0 Å². The van der Waals surface area contributed by atoms with Gasteiger partial charge in [0, 0.05) is 0 Å². The highest BCUT2D eigenvalue weighted by molar-refractivity contribution is 7.80. The number of carbonyl (C=O) groups excluding carboxylic acids is 2. The van der Waals surface area contributed by atoms with Crippen LogP contribution in [0.25, 0.3) is 0 Å². The molecular weight excluding hydrogens is 252 g/mol. The fourth-order valence-electron chi connectivity index (χ4n) is 1.39. The van der Waals surface area contributed by atoms with Crippen molar-refractivity contribution in [2.24, 2.45) is 5.92 Å². The average molecular weight is 280 g/mol. The van der Waals surface area contributed by atoms with E-state index in [0.717, 1.165) is 12.6 Å². The first kappa shape index (κ1) is 22.6. The Morgan fingerprint density at radius 2 is 1.39 bits per heavy atom. The molecule has 0 aromatic rings. The van der Waals surface area contributed by atoms with Gasteiger partial charge in [0.1, 0.15) is 12.6 Å². The summed E-state index contributed by atoms with van der Waals surface area (Å²) in [5.41, 5.74) is 0. The number of aldehydes is 2. The van der Waals surface area contributed by atoms with E-state index in [9.17, 15) is 4.21 Å². The summed E-state index contributed by atoms with van der Waals surface area (Å²) in [5.74, 6) is 1.29. The summed E-state index contributed by atoms with van der Waals surface area (Å²) >= 11 is -1.06. The van der Waals surface area contributed by atoms with Crippen LogP contribution in [0.1, 0.15) is 53.4 Å². The SMILES string of the molecule is CC=O.CC=O.CCCC(CCC)CS(=O)OC. The minimum atomic E-state index is -1.06. The number of hydrogen-bond donors (Lipinski definition) is 0.